The third-order valence-electron chi connectivity index (χ3n) is 3.81. The van der Waals surface area contributed by atoms with E-state index in [0.717, 1.165) is 19.5 Å². The first-order valence-corrected chi connectivity index (χ1v) is 6.57. The second-order valence-electron chi connectivity index (χ2n) is 5.11. The molecule has 1 aliphatic rings. The molecule has 0 bridgehead atoms. The normalized spacial score (nSPS) is 19.3. The predicted octanol–water partition coefficient (Wildman–Crippen LogP) is 2.34. The van der Waals surface area contributed by atoms with Gasteiger partial charge in [0.15, 0.2) is 0 Å². The van der Waals surface area contributed by atoms with Crippen LogP contribution in [0.25, 0.3) is 11.3 Å². The van der Waals surface area contributed by atoms with Gasteiger partial charge in [-0.1, -0.05) is 19.1 Å². The fourth-order valence-electron chi connectivity index (χ4n) is 2.77. The Kier molecular flexibility index (Phi) is 2.92. The summed E-state index contributed by atoms with van der Waals surface area (Å²) in [5.41, 5.74) is 5.42. The van der Waals surface area contributed by atoms with Crippen LogP contribution in [0.5, 0.6) is 0 Å². The molecule has 0 aliphatic carbocycles. The van der Waals surface area contributed by atoms with Gasteiger partial charge in [0, 0.05) is 25.4 Å². The molecule has 0 amide bonds. The maximum absolute atomic E-state index is 4.24. The monoisotopic (exact) mass is 241 g/mol. The van der Waals surface area contributed by atoms with Crippen molar-refractivity contribution in [2.45, 2.75) is 19.3 Å². The lowest BCUT2D eigenvalue weighted by Gasteiger charge is -2.13. The van der Waals surface area contributed by atoms with E-state index in [2.05, 4.69) is 41.6 Å². The van der Waals surface area contributed by atoms with Gasteiger partial charge in [-0.15, -0.1) is 0 Å². The van der Waals surface area contributed by atoms with E-state index in [0.29, 0.717) is 5.92 Å². The number of fused-ring (bicyclic) bond motifs is 1. The van der Waals surface area contributed by atoms with Gasteiger partial charge in [-0.25, -0.2) is 0 Å². The molecule has 3 nitrogen and oxygen atoms in total. The molecule has 0 unspecified atom stereocenters. The van der Waals surface area contributed by atoms with Gasteiger partial charge in [0.05, 0.1) is 5.69 Å². The lowest BCUT2D eigenvalue weighted by molar-refractivity contribution is 0.644. The van der Waals surface area contributed by atoms with Crippen LogP contribution in [0.2, 0.25) is 0 Å². The van der Waals surface area contributed by atoms with E-state index in [1.54, 1.807) is 0 Å². The quantitative estimate of drug-likeness (QED) is 0.830. The van der Waals surface area contributed by atoms with Crippen LogP contribution < -0.4 is 5.32 Å². The van der Waals surface area contributed by atoms with Gasteiger partial charge < -0.3 is 5.32 Å². The van der Waals surface area contributed by atoms with E-state index in [-0.39, 0.29) is 0 Å². The van der Waals surface area contributed by atoms with Crippen molar-refractivity contribution in [3.63, 3.8) is 0 Å². The molecule has 0 fully saturated rings. The third kappa shape index (κ3) is 1.95. The molecular weight excluding hydrogens is 222 g/mol. The van der Waals surface area contributed by atoms with Crippen LogP contribution in [-0.2, 0) is 13.5 Å². The maximum Gasteiger partial charge on any atom is 0.0678 e. The van der Waals surface area contributed by atoms with Crippen molar-refractivity contribution in [1.82, 2.24) is 15.1 Å². The average Bonchev–Trinajstić information content (AvgIpc) is 2.71. The van der Waals surface area contributed by atoms with Crippen LogP contribution >= 0.6 is 0 Å². The van der Waals surface area contributed by atoms with Crippen LogP contribution in [-0.4, -0.2) is 22.9 Å². The Morgan fingerprint density at radius 2 is 2.22 bits per heavy atom. The van der Waals surface area contributed by atoms with E-state index in [1.165, 1.54) is 22.4 Å². The number of hydrogen-bond donors (Lipinski definition) is 1. The van der Waals surface area contributed by atoms with Crippen LogP contribution in [0.4, 0.5) is 0 Å². The number of nitrogens with one attached hydrogen (secondary N) is 1. The largest absolute Gasteiger partial charge is 0.316 e. The summed E-state index contributed by atoms with van der Waals surface area (Å²) in [4.78, 5) is 0. The highest BCUT2D eigenvalue weighted by Gasteiger charge is 2.15. The summed E-state index contributed by atoms with van der Waals surface area (Å²) in [6.07, 6.45) is 2.97. The van der Waals surface area contributed by atoms with Gasteiger partial charge in [0.2, 0.25) is 0 Å². The molecule has 0 spiro atoms. The summed E-state index contributed by atoms with van der Waals surface area (Å²) < 4.78 is 1.93. The molecule has 2 heterocycles. The van der Waals surface area contributed by atoms with E-state index in [4.69, 9.17) is 0 Å². The molecule has 1 aliphatic heterocycles. The minimum absolute atomic E-state index is 0.600. The Balaban J connectivity index is 2.05. The molecule has 18 heavy (non-hydrogen) atoms. The second kappa shape index (κ2) is 4.58. The van der Waals surface area contributed by atoms with Crippen molar-refractivity contribution in [2.24, 2.45) is 7.05 Å². The number of rotatable bonds is 1. The van der Waals surface area contributed by atoms with E-state index in [9.17, 15) is 0 Å². The molecule has 1 N–H and O–H groups in total. The van der Waals surface area contributed by atoms with E-state index in [1.807, 2.05) is 17.9 Å². The SMILES string of the molecule is C[C@H]1CNCCc2cc(-c3ccnn3C)ccc21. The molecule has 2 aromatic rings. The summed E-state index contributed by atoms with van der Waals surface area (Å²) in [7, 11) is 1.99. The fourth-order valence-corrected chi connectivity index (χ4v) is 2.77. The molecule has 94 valence electrons. The Morgan fingerprint density at radius 3 is 3.00 bits per heavy atom. The lowest BCUT2D eigenvalue weighted by Crippen LogP contribution is -2.18. The number of aryl methyl sites for hydroxylation is 1. The van der Waals surface area contributed by atoms with Crippen LogP contribution in [0, 0.1) is 0 Å². The Hall–Kier alpha value is -1.61. The van der Waals surface area contributed by atoms with Gasteiger partial charge in [-0.3, -0.25) is 4.68 Å². The molecule has 0 saturated heterocycles. The first kappa shape index (κ1) is 11.5. The van der Waals surface area contributed by atoms with Crippen molar-refractivity contribution in [1.29, 1.82) is 0 Å². The summed E-state index contributed by atoms with van der Waals surface area (Å²) in [5, 5.41) is 7.73. The van der Waals surface area contributed by atoms with Gasteiger partial charge >= 0.3 is 0 Å². The van der Waals surface area contributed by atoms with Crippen LogP contribution in [0.15, 0.2) is 30.5 Å². The molecule has 0 saturated carbocycles. The number of nitrogens with zero attached hydrogens (tertiary/aromatic N) is 2. The molecular formula is C15H19N3. The Labute approximate surface area is 108 Å². The highest BCUT2D eigenvalue weighted by Crippen LogP contribution is 2.27. The molecule has 0 radical (unpaired) electrons. The summed E-state index contributed by atoms with van der Waals surface area (Å²) >= 11 is 0. The van der Waals surface area contributed by atoms with Gasteiger partial charge in [-0.05, 0) is 42.1 Å². The Bertz CT molecular complexity index is 557. The lowest BCUT2D eigenvalue weighted by atomic mass is 9.93. The standard InChI is InChI=1S/C15H19N3/c1-11-10-16-7-5-12-9-13(3-4-14(11)12)15-6-8-17-18(15)2/h3-4,6,8-9,11,16H,5,7,10H2,1-2H3/t11-/m0/s1. The zero-order valence-corrected chi connectivity index (χ0v) is 11.0. The predicted molar refractivity (Wildman–Crippen MR) is 73.6 cm³/mol. The number of benzene rings is 1. The molecule has 1 atom stereocenters. The highest BCUT2D eigenvalue weighted by molar-refractivity contribution is 5.61. The highest BCUT2D eigenvalue weighted by atomic mass is 15.2. The van der Waals surface area contributed by atoms with Crippen molar-refractivity contribution in [3.05, 3.63) is 41.6 Å². The Morgan fingerprint density at radius 1 is 1.33 bits per heavy atom. The molecule has 3 heteroatoms. The topological polar surface area (TPSA) is 29.9 Å². The number of hydrogen-bond acceptors (Lipinski definition) is 2. The van der Waals surface area contributed by atoms with Crippen molar-refractivity contribution in [3.8, 4) is 11.3 Å². The average molecular weight is 241 g/mol. The fraction of sp³-hybridized carbons (Fsp3) is 0.400. The smallest absolute Gasteiger partial charge is 0.0678 e. The molecule has 1 aromatic carbocycles. The molecule has 1 aromatic heterocycles. The first-order valence-electron chi connectivity index (χ1n) is 6.57. The zero-order chi connectivity index (χ0) is 12.5. The van der Waals surface area contributed by atoms with Crippen LogP contribution in [0.1, 0.15) is 24.0 Å². The minimum atomic E-state index is 0.600. The third-order valence-corrected chi connectivity index (χ3v) is 3.81. The second-order valence-corrected chi connectivity index (χ2v) is 5.11. The minimum Gasteiger partial charge on any atom is -0.316 e. The first-order chi connectivity index (χ1) is 8.75. The zero-order valence-electron chi connectivity index (χ0n) is 11.0. The van der Waals surface area contributed by atoms with E-state index < -0.39 is 0 Å². The van der Waals surface area contributed by atoms with Gasteiger partial charge in [0.1, 0.15) is 0 Å². The van der Waals surface area contributed by atoms with Crippen molar-refractivity contribution >= 4 is 0 Å². The van der Waals surface area contributed by atoms with E-state index >= 15 is 0 Å². The summed E-state index contributed by atoms with van der Waals surface area (Å²) in [5.74, 6) is 0.600. The van der Waals surface area contributed by atoms with Crippen molar-refractivity contribution < 1.29 is 0 Å². The van der Waals surface area contributed by atoms with Gasteiger partial charge in [0.25, 0.3) is 0 Å². The summed E-state index contributed by atoms with van der Waals surface area (Å²) in [6, 6.07) is 8.91. The summed E-state index contributed by atoms with van der Waals surface area (Å²) in [6.45, 7) is 4.45. The van der Waals surface area contributed by atoms with Crippen molar-refractivity contribution in [2.75, 3.05) is 13.1 Å². The molecule has 3 rings (SSSR count). The maximum atomic E-state index is 4.24. The van der Waals surface area contributed by atoms with Crippen LogP contribution in [0.3, 0.4) is 0 Å². The van der Waals surface area contributed by atoms with Gasteiger partial charge in [-0.2, -0.15) is 5.10 Å². The number of aromatic nitrogens is 2.